The third-order valence-corrected chi connectivity index (χ3v) is 2.81. The molecule has 2 rings (SSSR count). The standard InChI is InChI=1S/C10H14N4O2S/c1-6(4-15-2)14-8-7(13-10(14)17)9(16-3)12-5-11-8/h5-6H,4H2,1-3H3,(H,13,17). The van der Waals surface area contributed by atoms with Crippen LogP contribution in [0.15, 0.2) is 6.33 Å². The Kier molecular flexibility index (Phi) is 3.39. The van der Waals surface area contributed by atoms with Gasteiger partial charge in [-0.15, -0.1) is 0 Å². The fourth-order valence-electron chi connectivity index (χ4n) is 1.80. The number of aromatic nitrogens is 4. The molecule has 1 atom stereocenters. The van der Waals surface area contributed by atoms with Crippen molar-refractivity contribution in [2.75, 3.05) is 20.8 Å². The average Bonchev–Trinajstić information content (AvgIpc) is 2.65. The molecule has 2 aromatic rings. The summed E-state index contributed by atoms with van der Waals surface area (Å²) in [5, 5.41) is 0. The number of nitrogens with zero attached hydrogens (tertiary/aromatic N) is 3. The molecule has 2 heterocycles. The third kappa shape index (κ3) is 2.03. The molecule has 0 radical (unpaired) electrons. The van der Waals surface area contributed by atoms with E-state index in [-0.39, 0.29) is 6.04 Å². The summed E-state index contributed by atoms with van der Waals surface area (Å²) in [7, 11) is 3.22. The Morgan fingerprint density at radius 1 is 1.47 bits per heavy atom. The van der Waals surface area contributed by atoms with Gasteiger partial charge in [-0.2, -0.15) is 4.98 Å². The van der Waals surface area contributed by atoms with Gasteiger partial charge in [-0.25, -0.2) is 4.98 Å². The van der Waals surface area contributed by atoms with Crippen molar-refractivity contribution in [1.29, 1.82) is 0 Å². The van der Waals surface area contributed by atoms with Gasteiger partial charge in [-0.05, 0) is 19.1 Å². The normalized spacial score (nSPS) is 12.9. The zero-order valence-corrected chi connectivity index (χ0v) is 10.7. The maximum absolute atomic E-state index is 5.28. The molecule has 0 aliphatic carbocycles. The van der Waals surface area contributed by atoms with Crippen LogP contribution in [0.5, 0.6) is 5.88 Å². The highest BCUT2D eigenvalue weighted by Gasteiger charge is 2.15. The zero-order chi connectivity index (χ0) is 12.4. The maximum Gasteiger partial charge on any atom is 0.242 e. The molecule has 1 unspecified atom stereocenters. The lowest BCUT2D eigenvalue weighted by atomic mass is 10.3. The number of methoxy groups -OCH3 is 2. The molecule has 17 heavy (non-hydrogen) atoms. The molecule has 0 fully saturated rings. The molecule has 7 heteroatoms. The average molecular weight is 254 g/mol. The van der Waals surface area contributed by atoms with Crippen LogP contribution in [0.4, 0.5) is 0 Å². The molecule has 2 aromatic heterocycles. The van der Waals surface area contributed by atoms with E-state index in [4.69, 9.17) is 21.7 Å². The van der Waals surface area contributed by atoms with Gasteiger partial charge >= 0.3 is 0 Å². The monoisotopic (exact) mass is 254 g/mol. The summed E-state index contributed by atoms with van der Waals surface area (Å²) in [6.45, 7) is 2.58. The first-order chi connectivity index (χ1) is 8.19. The smallest absolute Gasteiger partial charge is 0.242 e. The Bertz CT molecular complexity index is 577. The molecule has 0 amide bonds. The Balaban J connectivity index is 2.64. The largest absolute Gasteiger partial charge is 0.479 e. The van der Waals surface area contributed by atoms with Crippen molar-refractivity contribution in [3.8, 4) is 5.88 Å². The van der Waals surface area contributed by atoms with Crippen LogP contribution in [-0.2, 0) is 4.74 Å². The van der Waals surface area contributed by atoms with E-state index in [2.05, 4.69) is 15.0 Å². The van der Waals surface area contributed by atoms with Gasteiger partial charge in [0.1, 0.15) is 11.8 Å². The van der Waals surface area contributed by atoms with Gasteiger partial charge in [-0.3, -0.25) is 4.57 Å². The number of H-pyrrole nitrogens is 1. The summed E-state index contributed by atoms with van der Waals surface area (Å²) >= 11 is 5.28. The van der Waals surface area contributed by atoms with Crippen LogP contribution in [0.3, 0.4) is 0 Å². The molecule has 0 aliphatic heterocycles. The number of hydrogen-bond donors (Lipinski definition) is 1. The number of rotatable bonds is 4. The highest BCUT2D eigenvalue weighted by molar-refractivity contribution is 7.71. The van der Waals surface area contributed by atoms with Crippen LogP contribution in [-0.4, -0.2) is 40.3 Å². The summed E-state index contributed by atoms with van der Waals surface area (Å²) in [5.41, 5.74) is 1.44. The minimum atomic E-state index is 0.0980. The summed E-state index contributed by atoms with van der Waals surface area (Å²) in [6, 6.07) is 0.0980. The van der Waals surface area contributed by atoms with Crippen LogP contribution in [0.25, 0.3) is 11.2 Å². The molecule has 6 nitrogen and oxygen atoms in total. The fraction of sp³-hybridized carbons (Fsp3) is 0.500. The summed E-state index contributed by atoms with van der Waals surface area (Å²) in [6.07, 6.45) is 1.46. The molecule has 0 saturated heterocycles. The van der Waals surface area contributed by atoms with E-state index >= 15 is 0 Å². The SMILES string of the molecule is COCC(C)n1c(=S)[nH]c2c(OC)ncnc21. The first kappa shape index (κ1) is 12.0. The Morgan fingerprint density at radius 3 is 2.88 bits per heavy atom. The number of ether oxygens (including phenoxy) is 2. The predicted molar refractivity (Wildman–Crippen MR) is 65.9 cm³/mol. The van der Waals surface area contributed by atoms with E-state index in [0.717, 1.165) is 5.65 Å². The van der Waals surface area contributed by atoms with E-state index in [0.29, 0.717) is 22.8 Å². The van der Waals surface area contributed by atoms with Gasteiger partial charge in [0.2, 0.25) is 5.88 Å². The van der Waals surface area contributed by atoms with Crippen LogP contribution >= 0.6 is 12.2 Å². The van der Waals surface area contributed by atoms with Gasteiger partial charge < -0.3 is 14.5 Å². The van der Waals surface area contributed by atoms with Crippen LogP contribution in [0.1, 0.15) is 13.0 Å². The Morgan fingerprint density at radius 2 is 2.24 bits per heavy atom. The van der Waals surface area contributed by atoms with Crippen LogP contribution in [0.2, 0.25) is 0 Å². The molecular formula is C10H14N4O2S. The number of nitrogens with one attached hydrogen (secondary N) is 1. The number of fused-ring (bicyclic) bond motifs is 1. The van der Waals surface area contributed by atoms with Crippen LogP contribution in [0, 0.1) is 4.77 Å². The summed E-state index contributed by atoms with van der Waals surface area (Å²) in [5.74, 6) is 0.490. The van der Waals surface area contributed by atoms with Crippen LogP contribution < -0.4 is 4.74 Å². The molecule has 0 aliphatic rings. The minimum absolute atomic E-state index is 0.0980. The molecule has 92 valence electrons. The van der Waals surface area contributed by atoms with Gasteiger partial charge in [0.05, 0.1) is 19.8 Å². The van der Waals surface area contributed by atoms with Gasteiger partial charge in [0, 0.05) is 7.11 Å². The first-order valence-corrected chi connectivity index (χ1v) is 5.58. The van der Waals surface area contributed by atoms with Crippen molar-refractivity contribution in [1.82, 2.24) is 19.5 Å². The van der Waals surface area contributed by atoms with Crippen molar-refractivity contribution >= 4 is 23.4 Å². The Labute approximate surface area is 104 Å². The van der Waals surface area contributed by atoms with Gasteiger partial charge in [-0.1, -0.05) is 0 Å². The first-order valence-electron chi connectivity index (χ1n) is 5.17. The number of hydrogen-bond acceptors (Lipinski definition) is 5. The number of imidazole rings is 1. The van der Waals surface area contributed by atoms with Crippen molar-refractivity contribution in [3.05, 3.63) is 11.1 Å². The molecule has 1 N–H and O–H groups in total. The van der Waals surface area contributed by atoms with E-state index in [1.165, 1.54) is 6.33 Å². The zero-order valence-electron chi connectivity index (χ0n) is 9.93. The third-order valence-electron chi connectivity index (χ3n) is 2.51. The lowest BCUT2D eigenvalue weighted by molar-refractivity contribution is 0.163. The van der Waals surface area contributed by atoms with Crippen molar-refractivity contribution in [2.24, 2.45) is 0 Å². The maximum atomic E-state index is 5.28. The minimum Gasteiger partial charge on any atom is -0.479 e. The van der Waals surface area contributed by atoms with Gasteiger partial charge in [0.15, 0.2) is 10.4 Å². The second-order valence-electron chi connectivity index (χ2n) is 3.69. The molecule has 0 spiro atoms. The Hall–Kier alpha value is -1.47. The van der Waals surface area contributed by atoms with E-state index in [1.807, 2.05) is 11.5 Å². The lowest BCUT2D eigenvalue weighted by Gasteiger charge is -2.12. The quantitative estimate of drug-likeness (QED) is 0.841. The fourth-order valence-corrected chi connectivity index (χ4v) is 2.16. The van der Waals surface area contributed by atoms with E-state index in [9.17, 15) is 0 Å². The van der Waals surface area contributed by atoms with Crippen molar-refractivity contribution < 1.29 is 9.47 Å². The second-order valence-corrected chi connectivity index (χ2v) is 4.07. The number of aromatic amines is 1. The molecule has 0 aromatic carbocycles. The summed E-state index contributed by atoms with van der Waals surface area (Å²) < 4.78 is 12.8. The second kappa shape index (κ2) is 4.80. The molecule has 0 bridgehead atoms. The van der Waals surface area contributed by atoms with Crippen molar-refractivity contribution in [2.45, 2.75) is 13.0 Å². The van der Waals surface area contributed by atoms with Crippen molar-refractivity contribution in [3.63, 3.8) is 0 Å². The lowest BCUT2D eigenvalue weighted by Crippen LogP contribution is -2.11. The highest BCUT2D eigenvalue weighted by Crippen LogP contribution is 2.22. The highest BCUT2D eigenvalue weighted by atomic mass is 32.1. The molecule has 0 saturated carbocycles. The summed E-state index contributed by atoms with van der Waals surface area (Å²) in [4.78, 5) is 11.3. The molecular weight excluding hydrogens is 240 g/mol. The topological polar surface area (TPSA) is 65.0 Å². The predicted octanol–water partition coefficient (Wildman–Crippen LogP) is 1.70. The van der Waals surface area contributed by atoms with E-state index in [1.54, 1.807) is 14.2 Å². The van der Waals surface area contributed by atoms with Gasteiger partial charge in [0.25, 0.3) is 0 Å². The van der Waals surface area contributed by atoms with E-state index < -0.39 is 0 Å².